The second-order valence-corrected chi connectivity index (χ2v) is 10.8. The highest BCUT2D eigenvalue weighted by Crippen LogP contribution is 2.24. The lowest BCUT2D eigenvalue weighted by atomic mass is 10.0. The third kappa shape index (κ3) is 6.01. The molecule has 2 N–H and O–H groups in total. The minimum absolute atomic E-state index is 0.177. The highest BCUT2D eigenvalue weighted by atomic mass is 16.1. The van der Waals surface area contributed by atoms with Gasteiger partial charge < -0.3 is 15.5 Å². The molecule has 8 heteroatoms. The SMILES string of the molecule is Cc1cccnc1Cn1c(=O)c(C#CC2=CCCC2)cc2cnc(Nc3ccc(N(C)C4CCNCC4)cc3)nc21. The summed E-state index contributed by atoms with van der Waals surface area (Å²) in [6, 6.07) is 14.6. The molecule has 2 aliphatic rings. The van der Waals surface area contributed by atoms with Crippen molar-refractivity contribution in [2.75, 3.05) is 30.4 Å². The van der Waals surface area contributed by atoms with Crippen LogP contribution in [0.1, 0.15) is 48.9 Å². The normalized spacial score (nSPS) is 15.3. The fraction of sp³-hybridized carbons (Fsp3) is 0.333. The zero-order chi connectivity index (χ0) is 28.2. The molecule has 0 saturated carbocycles. The monoisotopic (exact) mass is 545 g/mol. The predicted molar refractivity (Wildman–Crippen MR) is 165 cm³/mol. The molecule has 4 aromatic rings. The standard InChI is InChI=1S/C33H35N7O/c1-23-6-5-17-35-30(23)22-40-31-26(20-25(32(40)41)10-9-24-7-3-4-8-24)21-36-33(38-31)37-27-11-13-28(14-12-27)39(2)29-15-18-34-19-16-29/h5-7,11-14,17,20-21,29,34H,3-4,8,15-16,18-19,22H2,1-2H3,(H,36,37,38). The minimum Gasteiger partial charge on any atom is -0.372 e. The van der Waals surface area contributed by atoms with E-state index in [2.05, 4.69) is 62.6 Å². The lowest BCUT2D eigenvalue weighted by Crippen LogP contribution is -2.41. The number of pyridine rings is 2. The van der Waals surface area contributed by atoms with E-state index in [1.807, 2.05) is 31.2 Å². The summed E-state index contributed by atoms with van der Waals surface area (Å²) in [6.07, 6.45) is 11.1. The number of aromatic nitrogens is 4. The minimum atomic E-state index is -0.177. The van der Waals surface area contributed by atoms with Gasteiger partial charge in [0.15, 0.2) is 0 Å². The van der Waals surface area contributed by atoms with Crippen molar-refractivity contribution in [2.45, 2.75) is 51.6 Å². The first-order valence-electron chi connectivity index (χ1n) is 14.4. The Hall–Kier alpha value is -4.48. The molecule has 0 amide bonds. The molecular formula is C33H35N7O. The average molecular weight is 546 g/mol. The summed E-state index contributed by atoms with van der Waals surface area (Å²) in [5.74, 6) is 6.76. The van der Waals surface area contributed by atoms with E-state index in [9.17, 15) is 4.79 Å². The molecule has 1 fully saturated rings. The molecule has 0 bridgehead atoms. The topological polar surface area (TPSA) is 88.0 Å². The van der Waals surface area contributed by atoms with Crippen LogP contribution in [0.5, 0.6) is 0 Å². The van der Waals surface area contributed by atoms with E-state index in [4.69, 9.17) is 4.98 Å². The van der Waals surface area contributed by atoms with Gasteiger partial charge in [-0.15, -0.1) is 0 Å². The molecular weight excluding hydrogens is 510 g/mol. The molecule has 4 heterocycles. The summed E-state index contributed by atoms with van der Waals surface area (Å²) in [5.41, 5.74) is 5.81. The molecule has 0 unspecified atom stereocenters. The lowest BCUT2D eigenvalue weighted by Gasteiger charge is -2.33. The quantitative estimate of drug-likeness (QED) is 0.332. The van der Waals surface area contributed by atoms with Gasteiger partial charge in [0, 0.05) is 42.2 Å². The molecule has 6 rings (SSSR count). The van der Waals surface area contributed by atoms with Gasteiger partial charge in [0.2, 0.25) is 5.95 Å². The molecule has 3 aromatic heterocycles. The fourth-order valence-electron chi connectivity index (χ4n) is 5.53. The third-order valence-corrected chi connectivity index (χ3v) is 8.04. The highest BCUT2D eigenvalue weighted by molar-refractivity contribution is 5.78. The van der Waals surface area contributed by atoms with Crippen LogP contribution >= 0.6 is 0 Å². The zero-order valence-electron chi connectivity index (χ0n) is 23.7. The van der Waals surface area contributed by atoms with Crippen molar-refractivity contribution in [1.29, 1.82) is 0 Å². The maximum Gasteiger partial charge on any atom is 0.268 e. The Labute approximate surface area is 240 Å². The maximum absolute atomic E-state index is 13.7. The van der Waals surface area contributed by atoms with Gasteiger partial charge in [-0.1, -0.05) is 24.0 Å². The van der Waals surface area contributed by atoms with Gasteiger partial charge in [-0.2, -0.15) is 4.98 Å². The molecule has 1 aromatic carbocycles. The Morgan fingerprint density at radius 1 is 1.12 bits per heavy atom. The van der Waals surface area contributed by atoms with Gasteiger partial charge >= 0.3 is 0 Å². The van der Waals surface area contributed by atoms with Crippen LogP contribution in [0.2, 0.25) is 0 Å². The first-order chi connectivity index (χ1) is 20.0. The van der Waals surface area contributed by atoms with Crippen molar-refractivity contribution in [3.8, 4) is 11.8 Å². The summed E-state index contributed by atoms with van der Waals surface area (Å²) in [4.78, 5) is 30.0. The van der Waals surface area contributed by atoms with Crippen molar-refractivity contribution in [1.82, 2.24) is 24.8 Å². The van der Waals surface area contributed by atoms with E-state index < -0.39 is 0 Å². The Kier molecular flexibility index (Phi) is 7.79. The van der Waals surface area contributed by atoms with Crippen LogP contribution in [-0.4, -0.2) is 45.7 Å². The summed E-state index contributed by atoms with van der Waals surface area (Å²) < 4.78 is 1.67. The van der Waals surface area contributed by atoms with E-state index in [0.29, 0.717) is 29.7 Å². The first kappa shape index (κ1) is 26.7. The van der Waals surface area contributed by atoms with E-state index in [-0.39, 0.29) is 5.56 Å². The molecule has 1 saturated heterocycles. The van der Waals surface area contributed by atoms with Gasteiger partial charge in [0.05, 0.1) is 17.8 Å². The lowest BCUT2D eigenvalue weighted by molar-refractivity contribution is 0.443. The van der Waals surface area contributed by atoms with Crippen molar-refractivity contribution in [3.63, 3.8) is 0 Å². The second-order valence-electron chi connectivity index (χ2n) is 10.8. The number of fused-ring (bicyclic) bond motifs is 1. The fourth-order valence-corrected chi connectivity index (χ4v) is 5.53. The number of nitrogens with one attached hydrogen (secondary N) is 2. The van der Waals surface area contributed by atoms with Crippen molar-refractivity contribution >= 4 is 28.4 Å². The van der Waals surface area contributed by atoms with Crippen molar-refractivity contribution in [2.24, 2.45) is 0 Å². The summed E-state index contributed by atoms with van der Waals surface area (Å²) in [6.45, 7) is 4.42. The number of hydrogen-bond acceptors (Lipinski definition) is 7. The van der Waals surface area contributed by atoms with E-state index in [1.54, 1.807) is 23.0 Å². The van der Waals surface area contributed by atoms with Crippen LogP contribution in [0.3, 0.4) is 0 Å². The smallest absolute Gasteiger partial charge is 0.268 e. The van der Waals surface area contributed by atoms with Crippen LogP contribution in [0.4, 0.5) is 17.3 Å². The predicted octanol–water partition coefficient (Wildman–Crippen LogP) is 4.94. The maximum atomic E-state index is 13.7. The number of hydrogen-bond donors (Lipinski definition) is 2. The summed E-state index contributed by atoms with van der Waals surface area (Å²) >= 11 is 0. The second kappa shape index (κ2) is 11.9. The number of aryl methyl sites for hydroxylation is 1. The molecule has 0 spiro atoms. The van der Waals surface area contributed by atoms with Crippen LogP contribution in [-0.2, 0) is 6.54 Å². The van der Waals surface area contributed by atoms with E-state index in [0.717, 1.165) is 73.1 Å². The molecule has 1 aliphatic heterocycles. The van der Waals surface area contributed by atoms with Gasteiger partial charge in [0.25, 0.3) is 5.56 Å². The number of piperidine rings is 1. The molecule has 41 heavy (non-hydrogen) atoms. The van der Waals surface area contributed by atoms with Gasteiger partial charge in [-0.05, 0) is 99.7 Å². The van der Waals surface area contributed by atoms with Crippen molar-refractivity contribution < 1.29 is 0 Å². The Morgan fingerprint density at radius 2 is 1.95 bits per heavy atom. The average Bonchev–Trinajstić information content (AvgIpc) is 3.53. The molecule has 1 aliphatic carbocycles. The van der Waals surface area contributed by atoms with Crippen LogP contribution in [0, 0.1) is 18.8 Å². The molecule has 0 radical (unpaired) electrons. The zero-order valence-corrected chi connectivity index (χ0v) is 23.7. The van der Waals surface area contributed by atoms with Gasteiger partial charge in [-0.25, -0.2) is 4.98 Å². The number of rotatable bonds is 6. The number of allylic oxidation sites excluding steroid dienone is 2. The Bertz CT molecular complexity index is 1710. The van der Waals surface area contributed by atoms with Crippen molar-refractivity contribution in [3.05, 3.63) is 93.7 Å². The number of nitrogens with zero attached hydrogens (tertiary/aromatic N) is 5. The van der Waals surface area contributed by atoms with Gasteiger partial charge in [-0.3, -0.25) is 14.3 Å². The van der Waals surface area contributed by atoms with Crippen LogP contribution < -0.4 is 21.1 Å². The van der Waals surface area contributed by atoms with Crippen LogP contribution in [0.15, 0.2) is 71.3 Å². The summed E-state index contributed by atoms with van der Waals surface area (Å²) in [7, 11) is 2.16. The summed E-state index contributed by atoms with van der Waals surface area (Å²) in [5, 5.41) is 7.51. The van der Waals surface area contributed by atoms with E-state index in [1.165, 1.54) is 5.69 Å². The Morgan fingerprint density at radius 3 is 2.71 bits per heavy atom. The van der Waals surface area contributed by atoms with Gasteiger partial charge in [0.1, 0.15) is 5.65 Å². The first-order valence-corrected chi connectivity index (χ1v) is 14.4. The highest BCUT2D eigenvalue weighted by Gasteiger charge is 2.18. The van der Waals surface area contributed by atoms with E-state index >= 15 is 0 Å². The molecule has 0 atom stereocenters. The molecule has 8 nitrogen and oxygen atoms in total. The third-order valence-electron chi connectivity index (χ3n) is 8.04. The van der Waals surface area contributed by atoms with Crippen LogP contribution in [0.25, 0.3) is 11.0 Å². The Balaban J connectivity index is 1.32. The number of benzene rings is 1. The largest absolute Gasteiger partial charge is 0.372 e. The molecule has 208 valence electrons. The number of anilines is 3.